The summed E-state index contributed by atoms with van der Waals surface area (Å²) in [7, 11) is 0. The number of carbonyl (C=O) groups is 1. The zero-order valence-corrected chi connectivity index (χ0v) is 12.5. The van der Waals surface area contributed by atoms with E-state index in [1.165, 1.54) is 6.92 Å². The van der Waals surface area contributed by atoms with Crippen LogP contribution in [0.5, 0.6) is 5.75 Å². The third kappa shape index (κ3) is 2.70. The second-order valence-electron chi connectivity index (χ2n) is 4.33. The second-order valence-corrected chi connectivity index (χ2v) is 5.71. The van der Waals surface area contributed by atoms with E-state index in [1.807, 2.05) is 18.2 Å². The van der Waals surface area contributed by atoms with Gasteiger partial charge >= 0.3 is 10.9 Å². The van der Waals surface area contributed by atoms with Crippen LogP contribution in [0.1, 0.15) is 6.92 Å². The van der Waals surface area contributed by atoms with Crippen LogP contribution in [0, 0.1) is 0 Å². The van der Waals surface area contributed by atoms with E-state index < -0.39 is 10.9 Å². The predicted molar refractivity (Wildman–Crippen MR) is 82.1 cm³/mol. The summed E-state index contributed by atoms with van der Waals surface area (Å²) in [5.74, 6) is -0.0859. The highest BCUT2D eigenvalue weighted by Gasteiger charge is 2.15. The van der Waals surface area contributed by atoms with Gasteiger partial charge in [0.2, 0.25) is 0 Å². The summed E-state index contributed by atoms with van der Waals surface area (Å²) in [5.41, 5.74) is 1.77. The smallest absolute Gasteiger partial charge is 0.396 e. The average Bonchev–Trinajstić information content (AvgIpc) is 2.78. The number of hydrogen-bond acceptors (Lipinski definition) is 5. The molecule has 0 aliphatic carbocycles. The Bertz CT molecular complexity index is 894. The molecule has 0 spiro atoms. The van der Waals surface area contributed by atoms with Crippen LogP contribution in [0.25, 0.3) is 21.4 Å². The van der Waals surface area contributed by atoms with Crippen LogP contribution in [0.2, 0.25) is 5.02 Å². The Morgan fingerprint density at radius 2 is 2.00 bits per heavy atom. The molecule has 6 heteroatoms. The van der Waals surface area contributed by atoms with Crippen molar-refractivity contribution in [3.63, 3.8) is 0 Å². The molecule has 1 aromatic heterocycles. The molecule has 0 saturated heterocycles. The Hall–Kier alpha value is -2.11. The first kappa shape index (κ1) is 13.9. The lowest BCUT2D eigenvalue weighted by molar-refractivity contribution is -0.131. The molecule has 2 aromatic carbocycles. The zero-order valence-electron chi connectivity index (χ0n) is 10.9. The molecule has 0 atom stereocenters. The summed E-state index contributed by atoms with van der Waals surface area (Å²) in [6, 6.07) is 10.4. The predicted octanol–water partition coefficient (Wildman–Crippen LogP) is 4.10. The van der Waals surface area contributed by atoms with Crippen molar-refractivity contribution in [1.82, 2.24) is 0 Å². The number of halogens is 1. The van der Waals surface area contributed by atoms with Crippen molar-refractivity contribution in [2.24, 2.45) is 0 Å². The van der Waals surface area contributed by atoms with E-state index >= 15 is 0 Å². The molecular weight excluding hydrogens is 312 g/mol. The maximum Gasteiger partial charge on any atom is 0.396 e. The van der Waals surface area contributed by atoms with Crippen LogP contribution in [-0.2, 0) is 4.79 Å². The van der Waals surface area contributed by atoms with Gasteiger partial charge in [-0.25, -0.2) is 4.79 Å². The van der Waals surface area contributed by atoms with Crippen LogP contribution in [0.3, 0.4) is 0 Å². The number of fused-ring (bicyclic) bond motifs is 1. The van der Waals surface area contributed by atoms with Crippen molar-refractivity contribution < 1.29 is 13.9 Å². The topological polar surface area (TPSA) is 56.5 Å². The third-order valence-electron chi connectivity index (χ3n) is 2.83. The highest BCUT2D eigenvalue weighted by molar-refractivity contribution is 7.16. The fourth-order valence-corrected chi connectivity index (χ4v) is 3.02. The van der Waals surface area contributed by atoms with Crippen molar-refractivity contribution in [3.8, 4) is 16.9 Å². The van der Waals surface area contributed by atoms with E-state index in [9.17, 15) is 9.59 Å². The molecule has 3 aromatic rings. The minimum atomic E-state index is -0.435. The molecule has 0 unspecified atom stereocenters. The van der Waals surface area contributed by atoms with Gasteiger partial charge in [0.1, 0.15) is 5.75 Å². The van der Waals surface area contributed by atoms with E-state index in [1.54, 1.807) is 18.2 Å². The molecule has 3 rings (SSSR count). The molecule has 0 saturated carbocycles. The zero-order chi connectivity index (χ0) is 15.0. The highest BCUT2D eigenvalue weighted by Crippen LogP contribution is 2.37. The molecule has 0 radical (unpaired) electrons. The largest absolute Gasteiger partial charge is 0.427 e. The molecular formula is C15H9ClO4S. The van der Waals surface area contributed by atoms with Crippen molar-refractivity contribution in [1.29, 1.82) is 0 Å². The normalized spacial score (nSPS) is 10.8. The van der Waals surface area contributed by atoms with Crippen molar-refractivity contribution in [3.05, 3.63) is 51.2 Å². The van der Waals surface area contributed by atoms with Crippen molar-refractivity contribution >= 4 is 39.2 Å². The fraction of sp³-hybridized carbons (Fsp3) is 0.0667. The lowest BCUT2D eigenvalue weighted by Crippen LogP contribution is -2.01. The monoisotopic (exact) mass is 320 g/mol. The molecule has 21 heavy (non-hydrogen) atoms. The molecule has 0 bridgehead atoms. The quantitative estimate of drug-likeness (QED) is 0.527. The van der Waals surface area contributed by atoms with Crippen LogP contribution >= 0.6 is 22.9 Å². The van der Waals surface area contributed by atoms with E-state index in [2.05, 4.69) is 0 Å². The standard InChI is InChI=1S/C15H9ClO4S/c1-8(17)19-9-6-11(10-4-2-3-5-12(10)16)14-13(7-9)21-15(18)20-14/h2-7H,1H3. The summed E-state index contributed by atoms with van der Waals surface area (Å²) in [6.07, 6.45) is 0. The Kier molecular flexibility index (Phi) is 3.53. The molecule has 0 aliphatic rings. The van der Waals surface area contributed by atoms with Gasteiger partial charge in [-0.1, -0.05) is 41.1 Å². The van der Waals surface area contributed by atoms with Crippen LogP contribution in [0.15, 0.2) is 45.6 Å². The first-order valence-corrected chi connectivity index (χ1v) is 7.25. The number of esters is 1. The summed E-state index contributed by atoms with van der Waals surface area (Å²) < 4.78 is 11.0. The van der Waals surface area contributed by atoms with Gasteiger partial charge in [-0.05, 0) is 12.1 Å². The number of carbonyl (C=O) groups excluding carboxylic acids is 1. The summed E-state index contributed by atoms with van der Waals surface area (Å²) >= 11 is 7.15. The number of hydrogen-bond donors (Lipinski definition) is 0. The Balaban J connectivity index is 2.31. The highest BCUT2D eigenvalue weighted by atomic mass is 35.5. The molecule has 1 heterocycles. The number of ether oxygens (including phenoxy) is 1. The molecule has 106 valence electrons. The van der Waals surface area contributed by atoms with Gasteiger partial charge in [-0.3, -0.25) is 4.79 Å². The van der Waals surface area contributed by atoms with Gasteiger partial charge in [-0.2, -0.15) is 0 Å². The average molecular weight is 321 g/mol. The molecule has 4 nitrogen and oxygen atoms in total. The Morgan fingerprint density at radius 1 is 1.24 bits per heavy atom. The third-order valence-corrected chi connectivity index (χ3v) is 3.94. The number of rotatable bonds is 2. The maximum absolute atomic E-state index is 11.5. The first-order chi connectivity index (χ1) is 10.0. The van der Waals surface area contributed by atoms with Crippen LogP contribution < -0.4 is 9.68 Å². The lowest BCUT2D eigenvalue weighted by atomic mass is 10.0. The summed E-state index contributed by atoms with van der Waals surface area (Å²) in [4.78, 5) is 22.2. The van der Waals surface area contributed by atoms with Gasteiger partial charge in [0.05, 0.1) is 4.70 Å². The summed E-state index contributed by atoms with van der Waals surface area (Å²) in [5, 5.41) is 0.521. The van der Waals surface area contributed by atoms with Gasteiger partial charge in [0.25, 0.3) is 0 Å². The van der Waals surface area contributed by atoms with Gasteiger partial charge in [-0.15, -0.1) is 0 Å². The fourth-order valence-electron chi connectivity index (χ4n) is 2.06. The van der Waals surface area contributed by atoms with E-state index in [-0.39, 0.29) is 0 Å². The maximum atomic E-state index is 11.5. The van der Waals surface area contributed by atoms with Crippen LogP contribution in [0.4, 0.5) is 0 Å². The lowest BCUT2D eigenvalue weighted by Gasteiger charge is -2.07. The minimum absolute atomic E-state index is 0.349. The molecule has 0 N–H and O–H groups in total. The second kappa shape index (κ2) is 5.35. The Labute approximate surface area is 128 Å². The van der Waals surface area contributed by atoms with E-state index in [4.69, 9.17) is 20.8 Å². The summed E-state index contributed by atoms with van der Waals surface area (Å²) in [6.45, 7) is 1.32. The number of benzene rings is 2. The van der Waals surface area contributed by atoms with Gasteiger partial charge in [0, 0.05) is 29.1 Å². The first-order valence-electron chi connectivity index (χ1n) is 6.05. The molecule has 0 aliphatic heterocycles. The molecule has 0 amide bonds. The SMILES string of the molecule is CC(=O)Oc1cc(-c2ccccc2Cl)c2oc(=O)sc2c1. The van der Waals surface area contributed by atoms with Crippen LogP contribution in [-0.4, -0.2) is 5.97 Å². The van der Waals surface area contributed by atoms with E-state index in [0.29, 0.717) is 32.2 Å². The van der Waals surface area contributed by atoms with Gasteiger partial charge < -0.3 is 9.15 Å². The van der Waals surface area contributed by atoms with Crippen molar-refractivity contribution in [2.45, 2.75) is 6.92 Å². The molecule has 0 fully saturated rings. The van der Waals surface area contributed by atoms with E-state index in [0.717, 1.165) is 11.3 Å². The van der Waals surface area contributed by atoms with Crippen molar-refractivity contribution in [2.75, 3.05) is 0 Å². The Morgan fingerprint density at radius 3 is 2.71 bits per heavy atom. The minimum Gasteiger partial charge on any atom is -0.427 e. The van der Waals surface area contributed by atoms with Gasteiger partial charge in [0.15, 0.2) is 5.58 Å².